The van der Waals surface area contributed by atoms with Gasteiger partial charge in [-0.1, -0.05) is 18.6 Å². The average Bonchev–Trinajstić information content (AvgIpc) is 3.26. The molecular weight excluding hydrogens is 567 g/mol. The summed E-state index contributed by atoms with van der Waals surface area (Å²) < 4.78 is 22.5. The molecule has 9 heteroatoms. The molecule has 4 fully saturated rings. The number of aromatic nitrogens is 2. The zero-order chi connectivity index (χ0) is 31.2. The summed E-state index contributed by atoms with van der Waals surface area (Å²) in [5, 5.41) is 12.4. The summed E-state index contributed by atoms with van der Waals surface area (Å²) in [5.41, 5.74) is 2.00. The number of carbonyl (C=O) groups excluding carboxylic acids is 1. The van der Waals surface area contributed by atoms with Gasteiger partial charge < -0.3 is 24.4 Å². The van der Waals surface area contributed by atoms with E-state index >= 15 is 4.39 Å². The molecule has 4 aliphatic rings. The first-order chi connectivity index (χ1) is 21.8. The molecular formula is C36H43FN6O2. The SMILES string of the molecule is COC(=O)N[C@]12CCC[C@@]1([C@](Cn1ccnc1C)(c1cccc(F)c1)C1CCN(CC3CN(c4ccc(C#N)cc4)C3)CC1)C2. The van der Waals surface area contributed by atoms with E-state index in [-0.39, 0.29) is 28.3 Å². The number of anilines is 1. The van der Waals surface area contributed by atoms with Crippen LogP contribution >= 0.6 is 0 Å². The number of nitriles is 1. The van der Waals surface area contributed by atoms with Crippen LogP contribution in [0.4, 0.5) is 14.9 Å². The van der Waals surface area contributed by atoms with Crippen molar-refractivity contribution in [3.8, 4) is 6.07 Å². The lowest BCUT2D eigenvalue weighted by Crippen LogP contribution is -2.56. The van der Waals surface area contributed by atoms with Crippen LogP contribution in [-0.2, 0) is 16.7 Å². The second-order valence-corrected chi connectivity index (χ2v) is 13.9. The first kappa shape index (κ1) is 29.8. The van der Waals surface area contributed by atoms with E-state index in [2.05, 4.69) is 43.0 Å². The van der Waals surface area contributed by atoms with Crippen molar-refractivity contribution in [2.24, 2.45) is 17.3 Å². The molecule has 2 aliphatic carbocycles. The van der Waals surface area contributed by atoms with Crippen LogP contribution in [-0.4, -0.2) is 65.9 Å². The number of hydrogen-bond donors (Lipinski definition) is 1. The molecule has 2 aromatic carbocycles. The lowest BCUT2D eigenvalue weighted by molar-refractivity contribution is 0.0436. The van der Waals surface area contributed by atoms with E-state index in [0.717, 1.165) is 82.6 Å². The van der Waals surface area contributed by atoms with Gasteiger partial charge in [0.25, 0.3) is 0 Å². The summed E-state index contributed by atoms with van der Waals surface area (Å²) in [5.74, 6) is 1.67. The largest absolute Gasteiger partial charge is 0.453 e. The molecule has 3 atom stereocenters. The summed E-state index contributed by atoms with van der Waals surface area (Å²) in [6.07, 6.45) is 9.39. The number of nitrogens with one attached hydrogen (secondary N) is 1. The molecule has 2 saturated carbocycles. The zero-order valence-electron chi connectivity index (χ0n) is 26.3. The Kier molecular flexibility index (Phi) is 7.60. The highest BCUT2D eigenvalue weighted by molar-refractivity contribution is 5.70. The van der Waals surface area contributed by atoms with Gasteiger partial charge in [-0.05, 0) is 100.0 Å². The maximum Gasteiger partial charge on any atom is 0.407 e. The van der Waals surface area contributed by atoms with Gasteiger partial charge in [0.2, 0.25) is 0 Å². The molecule has 7 rings (SSSR count). The van der Waals surface area contributed by atoms with E-state index in [9.17, 15) is 4.79 Å². The molecule has 2 saturated heterocycles. The Balaban J connectivity index is 1.14. The smallest absolute Gasteiger partial charge is 0.407 e. The quantitative estimate of drug-likeness (QED) is 0.337. The van der Waals surface area contributed by atoms with Crippen molar-refractivity contribution in [3.63, 3.8) is 0 Å². The first-order valence-electron chi connectivity index (χ1n) is 16.4. The van der Waals surface area contributed by atoms with Crippen LogP contribution in [0.1, 0.15) is 55.5 Å². The predicted molar refractivity (Wildman–Crippen MR) is 170 cm³/mol. The van der Waals surface area contributed by atoms with E-state index in [0.29, 0.717) is 23.9 Å². The van der Waals surface area contributed by atoms with Crippen molar-refractivity contribution < 1.29 is 13.9 Å². The van der Waals surface area contributed by atoms with Gasteiger partial charge in [0, 0.05) is 61.0 Å². The molecule has 0 spiro atoms. The lowest BCUT2D eigenvalue weighted by atomic mass is 9.56. The highest BCUT2D eigenvalue weighted by atomic mass is 19.1. The molecule has 0 unspecified atom stereocenters. The van der Waals surface area contributed by atoms with E-state index in [1.807, 2.05) is 43.5 Å². The maximum atomic E-state index is 15.1. The fraction of sp³-hybridized carbons (Fsp3) is 0.528. The standard InChI is InChI=1S/C36H43FN6O2/c1-26-39-15-18-42(26)25-36(30-5-3-6-31(37)19-30,34-13-4-14-35(34,24-34)40-33(44)45-2)29-11-16-41(17-12-29)21-28-22-43(23-28)32-9-7-27(20-38)8-10-32/h3,5-10,15,18-19,28-29H,4,11-14,16-17,21-25H2,1-2H3,(H,40,44)/t34-,35+,36+/m1/s1. The van der Waals surface area contributed by atoms with Gasteiger partial charge in [-0.25, -0.2) is 14.2 Å². The lowest BCUT2D eigenvalue weighted by Gasteiger charge is -2.52. The minimum absolute atomic E-state index is 0.193. The molecule has 1 N–H and O–H groups in total. The summed E-state index contributed by atoms with van der Waals surface area (Å²) >= 11 is 0. The number of imidazole rings is 1. The number of hydrogen-bond acceptors (Lipinski definition) is 6. The number of halogens is 1. The van der Waals surface area contributed by atoms with Gasteiger partial charge >= 0.3 is 6.09 Å². The van der Waals surface area contributed by atoms with E-state index in [1.165, 1.54) is 18.9 Å². The third kappa shape index (κ3) is 4.98. The van der Waals surface area contributed by atoms with Crippen LogP contribution in [0.3, 0.4) is 0 Å². The summed E-state index contributed by atoms with van der Waals surface area (Å²) in [6.45, 7) is 7.90. The van der Waals surface area contributed by atoms with Crippen molar-refractivity contribution >= 4 is 11.8 Å². The highest BCUT2D eigenvalue weighted by Gasteiger charge is 2.79. The number of rotatable bonds is 9. The van der Waals surface area contributed by atoms with Crippen LogP contribution in [0.25, 0.3) is 0 Å². The van der Waals surface area contributed by atoms with Crippen LogP contribution in [0, 0.1) is 41.3 Å². The van der Waals surface area contributed by atoms with Gasteiger partial charge in [-0.15, -0.1) is 0 Å². The summed E-state index contributed by atoms with van der Waals surface area (Å²) in [4.78, 5) is 22.3. The molecule has 2 aliphatic heterocycles. The van der Waals surface area contributed by atoms with Crippen molar-refractivity contribution in [1.29, 1.82) is 5.26 Å². The Morgan fingerprint density at radius 2 is 1.96 bits per heavy atom. The number of aryl methyl sites for hydroxylation is 1. The minimum atomic E-state index is -0.382. The van der Waals surface area contributed by atoms with Crippen LogP contribution in [0.5, 0.6) is 0 Å². The molecule has 236 valence electrons. The van der Waals surface area contributed by atoms with Gasteiger partial charge in [0.1, 0.15) is 11.6 Å². The van der Waals surface area contributed by atoms with Crippen LogP contribution in [0.15, 0.2) is 60.9 Å². The van der Waals surface area contributed by atoms with Gasteiger partial charge in [0.15, 0.2) is 0 Å². The molecule has 8 nitrogen and oxygen atoms in total. The number of piperidine rings is 1. The Morgan fingerprint density at radius 3 is 2.62 bits per heavy atom. The minimum Gasteiger partial charge on any atom is -0.453 e. The molecule has 1 amide bonds. The van der Waals surface area contributed by atoms with Crippen molar-refractivity contribution in [2.75, 3.05) is 44.7 Å². The fourth-order valence-electron chi connectivity index (χ4n) is 9.60. The van der Waals surface area contributed by atoms with Crippen LogP contribution in [0.2, 0.25) is 0 Å². The van der Waals surface area contributed by atoms with Crippen molar-refractivity contribution in [3.05, 3.63) is 83.7 Å². The second kappa shape index (κ2) is 11.5. The Bertz CT molecular complexity index is 1590. The molecule has 0 bridgehead atoms. The normalized spacial score (nSPS) is 26.4. The zero-order valence-corrected chi connectivity index (χ0v) is 26.3. The molecule has 45 heavy (non-hydrogen) atoms. The highest BCUT2D eigenvalue weighted by Crippen LogP contribution is 2.77. The second-order valence-electron chi connectivity index (χ2n) is 13.9. The number of nitrogens with zero attached hydrogens (tertiary/aromatic N) is 5. The fourth-order valence-corrected chi connectivity index (χ4v) is 9.60. The molecule has 3 aromatic rings. The molecule has 0 radical (unpaired) electrons. The van der Waals surface area contributed by atoms with Crippen molar-refractivity contribution in [2.45, 2.75) is 62.9 Å². The average molecular weight is 611 g/mol. The monoisotopic (exact) mass is 610 g/mol. The van der Waals surface area contributed by atoms with Gasteiger partial charge in [0.05, 0.1) is 24.3 Å². The maximum absolute atomic E-state index is 15.1. The Morgan fingerprint density at radius 1 is 1.18 bits per heavy atom. The number of methoxy groups -OCH3 is 1. The number of benzene rings is 2. The van der Waals surface area contributed by atoms with Gasteiger partial charge in [-0.3, -0.25) is 0 Å². The number of fused-ring (bicyclic) bond motifs is 1. The van der Waals surface area contributed by atoms with Crippen molar-refractivity contribution in [1.82, 2.24) is 19.8 Å². The van der Waals surface area contributed by atoms with Crippen LogP contribution < -0.4 is 10.2 Å². The summed E-state index contributed by atoms with van der Waals surface area (Å²) in [6, 6.07) is 17.4. The number of ether oxygens (including phenoxy) is 1. The third-order valence-corrected chi connectivity index (χ3v) is 11.8. The third-order valence-electron chi connectivity index (χ3n) is 11.8. The van der Waals surface area contributed by atoms with Gasteiger partial charge in [-0.2, -0.15) is 5.26 Å². The topological polar surface area (TPSA) is 86.4 Å². The van der Waals surface area contributed by atoms with E-state index in [1.54, 1.807) is 6.07 Å². The number of likely N-dealkylation sites (tertiary alicyclic amines) is 1. The number of alkyl carbamates (subject to hydrolysis) is 1. The first-order valence-corrected chi connectivity index (χ1v) is 16.4. The molecule has 1 aromatic heterocycles. The van der Waals surface area contributed by atoms with E-state index < -0.39 is 0 Å². The Labute approximate surface area is 265 Å². The number of carbonyl (C=O) groups is 1. The van der Waals surface area contributed by atoms with E-state index in [4.69, 9.17) is 10.00 Å². The Hall–Kier alpha value is -3.90. The predicted octanol–water partition coefficient (Wildman–Crippen LogP) is 5.66. The summed E-state index contributed by atoms with van der Waals surface area (Å²) in [7, 11) is 1.43. The molecule has 3 heterocycles. The number of amides is 1.